The molecular weight excluding hydrogens is 252 g/mol. The molecule has 0 aliphatic rings. The minimum Gasteiger partial charge on any atom is -0.387 e. The molecule has 0 spiro atoms. The zero-order valence-electron chi connectivity index (χ0n) is 9.14. The summed E-state index contributed by atoms with van der Waals surface area (Å²) in [7, 11) is 0. The van der Waals surface area contributed by atoms with Gasteiger partial charge in [-0.3, -0.25) is 0 Å². The Morgan fingerprint density at radius 2 is 0.722 bits per heavy atom. The second kappa shape index (κ2) is 7.48. The Kier molecular flexibility index (Phi) is 7.09. The fraction of sp³-hybridized carbons (Fsp3) is 0.778. The Hall–Kier alpha value is -0.940. The molecule has 6 unspecified atom stereocenters. The highest BCUT2D eigenvalue weighted by atomic mass is 16.4. The van der Waals surface area contributed by atoms with Gasteiger partial charge in [0.05, 0.1) is 0 Å². The predicted octanol–water partition coefficient (Wildman–Crippen LogP) is -5.09. The van der Waals surface area contributed by atoms with Crippen molar-refractivity contribution in [3.63, 3.8) is 0 Å². The van der Waals surface area contributed by atoms with Gasteiger partial charge < -0.3 is 45.3 Å². The van der Waals surface area contributed by atoms with Crippen molar-refractivity contribution in [2.75, 3.05) is 0 Å². The minimum atomic E-state index is -2.20. The Morgan fingerprint density at radius 3 is 0.944 bits per heavy atom. The van der Waals surface area contributed by atoms with Gasteiger partial charge in [-0.2, -0.15) is 0 Å². The fourth-order valence-electron chi connectivity index (χ4n) is 1.17. The van der Waals surface area contributed by atoms with Crippen LogP contribution >= 0.6 is 0 Å². The quantitative estimate of drug-likeness (QED) is 0.212. The van der Waals surface area contributed by atoms with Crippen molar-refractivity contribution in [3.8, 4) is 0 Å². The molecule has 0 aliphatic carbocycles. The monoisotopic (exact) mass is 268 g/mol. The molecule has 0 fully saturated rings. The maximum Gasteiger partial charge on any atom is 0.151 e. The number of rotatable bonds is 8. The van der Waals surface area contributed by atoms with Crippen LogP contribution in [0.4, 0.5) is 0 Å². The number of aliphatic hydroxyl groups excluding tert-OH is 7. The van der Waals surface area contributed by atoms with E-state index in [0.717, 1.165) is 0 Å². The number of hydrogen-bond donors (Lipinski definition) is 7. The molecule has 0 bridgehead atoms. The van der Waals surface area contributed by atoms with E-state index in [4.69, 9.17) is 20.4 Å². The molecule has 9 heteroatoms. The maximum absolute atomic E-state index is 10.1. The standard InChI is InChI=1S/C9H16O9/c10-1-3(12)5(14)7(16)9(18)8(17)6(15)4(13)2-11/h1-9,12-18H. The van der Waals surface area contributed by atoms with E-state index in [9.17, 15) is 24.9 Å². The van der Waals surface area contributed by atoms with Crippen molar-refractivity contribution in [1.29, 1.82) is 0 Å². The van der Waals surface area contributed by atoms with Gasteiger partial charge in [-0.15, -0.1) is 0 Å². The number of aldehydes is 2. The van der Waals surface area contributed by atoms with Gasteiger partial charge in [-0.1, -0.05) is 0 Å². The van der Waals surface area contributed by atoms with E-state index in [1.165, 1.54) is 0 Å². The number of carbonyl (C=O) groups excluding carboxylic acids is 2. The van der Waals surface area contributed by atoms with Crippen LogP contribution in [0, 0.1) is 0 Å². The van der Waals surface area contributed by atoms with Crippen LogP contribution < -0.4 is 0 Å². The summed E-state index contributed by atoms with van der Waals surface area (Å²) in [6, 6.07) is 0. The largest absolute Gasteiger partial charge is 0.387 e. The van der Waals surface area contributed by atoms with E-state index in [1.54, 1.807) is 0 Å². The van der Waals surface area contributed by atoms with Crippen LogP contribution in [0.5, 0.6) is 0 Å². The lowest BCUT2D eigenvalue weighted by molar-refractivity contribution is -0.168. The molecule has 0 aromatic rings. The second-order valence-corrected chi connectivity index (χ2v) is 3.71. The van der Waals surface area contributed by atoms with E-state index >= 15 is 0 Å². The van der Waals surface area contributed by atoms with E-state index in [1.807, 2.05) is 0 Å². The molecule has 0 amide bonds. The van der Waals surface area contributed by atoms with Crippen molar-refractivity contribution < 1.29 is 45.3 Å². The number of hydrogen-bond acceptors (Lipinski definition) is 9. The fourth-order valence-corrected chi connectivity index (χ4v) is 1.17. The second-order valence-electron chi connectivity index (χ2n) is 3.71. The Labute approximate surface area is 102 Å². The van der Waals surface area contributed by atoms with Gasteiger partial charge in [-0.25, -0.2) is 0 Å². The maximum atomic E-state index is 10.1. The molecular formula is C9H16O9. The summed E-state index contributed by atoms with van der Waals surface area (Å²) >= 11 is 0. The van der Waals surface area contributed by atoms with E-state index < -0.39 is 42.7 Å². The van der Waals surface area contributed by atoms with Gasteiger partial charge in [0.1, 0.15) is 42.7 Å². The van der Waals surface area contributed by atoms with E-state index in [0.29, 0.717) is 0 Å². The smallest absolute Gasteiger partial charge is 0.151 e. The molecule has 106 valence electrons. The number of aliphatic hydroxyl groups is 7. The van der Waals surface area contributed by atoms with Gasteiger partial charge >= 0.3 is 0 Å². The molecule has 7 N–H and O–H groups in total. The highest BCUT2D eigenvalue weighted by molar-refractivity contribution is 5.57. The van der Waals surface area contributed by atoms with E-state index in [2.05, 4.69) is 0 Å². The zero-order valence-corrected chi connectivity index (χ0v) is 9.14. The molecule has 0 aromatic heterocycles. The molecule has 0 aliphatic heterocycles. The minimum absolute atomic E-state index is 0.107. The molecule has 6 atom stereocenters. The Balaban J connectivity index is 4.67. The molecule has 18 heavy (non-hydrogen) atoms. The highest BCUT2D eigenvalue weighted by Gasteiger charge is 2.38. The van der Waals surface area contributed by atoms with Crippen molar-refractivity contribution in [3.05, 3.63) is 0 Å². The first kappa shape index (κ1) is 17.1. The van der Waals surface area contributed by atoms with Gasteiger partial charge in [-0.05, 0) is 0 Å². The first-order chi connectivity index (χ1) is 8.27. The SMILES string of the molecule is O=CC(O)C(O)C(O)C(O)C(O)C(O)C(O)C=O. The topological polar surface area (TPSA) is 176 Å². The summed E-state index contributed by atoms with van der Waals surface area (Å²) in [5.41, 5.74) is 0. The normalized spacial score (nSPS) is 23.3. The molecule has 0 saturated heterocycles. The summed E-state index contributed by atoms with van der Waals surface area (Å²) in [5, 5.41) is 64.0. The first-order valence-electron chi connectivity index (χ1n) is 4.95. The summed E-state index contributed by atoms with van der Waals surface area (Å²) in [6.07, 6.45) is -15.0. The third-order valence-corrected chi connectivity index (χ3v) is 2.38. The average molecular weight is 268 g/mol. The van der Waals surface area contributed by atoms with Crippen molar-refractivity contribution in [2.45, 2.75) is 42.7 Å². The summed E-state index contributed by atoms with van der Waals surface area (Å²) in [5.74, 6) is 0. The number of carbonyl (C=O) groups is 2. The molecule has 9 nitrogen and oxygen atoms in total. The summed E-state index contributed by atoms with van der Waals surface area (Å²) < 4.78 is 0. The Bertz CT molecular complexity index is 245. The Morgan fingerprint density at radius 1 is 0.500 bits per heavy atom. The highest BCUT2D eigenvalue weighted by Crippen LogP contribution is 2.12. The molecule has 0 rings (SSSR count). The molecule has 0 aromatic carbocycles. The summed E-state index contributed by atoms with van der Waals surface area (Å²) in [6.45, 7) is 0. The zero-order chi connectivity index (χ0) is 14.5. The van der Waals surface area contributed by atoms with Gasteiger partial charge in [0.2, 0.25) is 0 Å². The predicted molar refractivity (Wildman–Crippen MR) is 54.2 cm³/mol. The van der Waals surface area contributed by atoms with Crippen LogP contribution in [-0.4, -0.2) is 91.0 Å². The van der Waals surface area contributed by atoms with Crippen LogP contribution in [0.25, 0.3) is 0 Å². The lowest BCUT2D eigenvalue weighted by atomic mass is 9.95. The molecule has 0 radical (unpaired) electrons. The van der Waals surface area contributed by atoms with Crippen LogP contribution in [0.1, 0.15) is 0 Å². The average Bonchev–Trinajstić information content (AvgIpc) is 2.40. The van der Waals surface area contributed by atoms with Crippen LogP contribution in [0.2, 0.25) is 0 Å². The summed E-state index contributed by atoms with van der Waals surface area (Å²) in [4.78, 5) is 20.3. The third kappa shape index (κ3) is 4.07. The van der Waals surface area contributed by atoms with Gasteiger partial charge in [0.15, 0.2) is 12.6 Å². The van der Waals surface area contributed by atoms with Crippen molar-refractivity contribution >= 4 is 12.6 Å². The lowest BCUT2D eigenvalue weighted by Crippen LogP contribution is -2.54. The molecule has 0 heterocycles. The first-order valence-corrected chi connectivity index (χ1v) is 4.95. The van der Waals surface area contributed by atoms with Gasteiger partial charge in [0, 0.05) is 0 Å². The van der Waals surface area contributed by atoms with Gasteiger partial charge in [0.25, 0.3) is 0 Å². The van der Waals surface area contributed by atoms with Crippen molar-refractivity contribution in [2.24, 2.45) is 0 Å². The van der Waals surface area contributed by atoms with Crippen LogP contribution in [0.3, 0.4) is 0 Å². The van der Waals surface area contributed by atoms with E-state index in [-0.39, 0.29) is 12.6 Å². The molecule has 0 saturated carbocycles. The van der Waals surface area contributed by atoms with Crippen LogP contribution in [-0.2, 0) is 9.59 Å². The van der Waals surface area contributed by atoms with Crippen LogP contribution in [0.15, 0.2) is 0 Å². The lowest BCUT2D eigenvalue weighted by Gasteiger charge is -2.30. The van der Waals surface area contributed by atoms with Crippen molar-refractivity contribution in [1.82, 2.24) is 0 Å². The third-order valence-electron chi connectivity index (χ3n) is 2.38.